The van der Waals surface area contributed by atoms with Crippen LogP contribution in [-0.4, -0.2) is 60.9 Å². The molecule has 0 unspecified atom stereocenters. The van der Waals surface area contributed by atoms with E-state index in [9.17, 15) is 17.6 Å². The number of hydrogen-bond donors (Lipinski definition) is 1. The number of halogens is 1. The first-order valence-electron chi connectivity index (χ1n) is 8.66. The van der Waals surface area contributed by atoms with Crippen molar-refractivity contribution < 1.29 is 22.7 Å². The number of carboxylic acid groups (broad SMARTS) is 1. The number of hydrogen-bond acceptors (Lipinski definition) is 4. The van der Waals surface area contributed by atoms with E-state index in [0.29, 0.717) is 32.2 Å². The highest BCUT2D eigenvalue weighted by Crippen LogP contribution is 2.26. The maximum absolute atomic E-state index is 14.0. The van der Waals surface area contributed by atoms with Gasteiger partial charge in [-0.3, -0.25) is 4.90 Å². The summed E-state index contributed by atoms with van der Waals surface area (Å²) in [6.45, 7) is 1.86. The van der Waals surface area contributed by atoms with Crippen LogP contribution >= 0.6 is 0 Å². The zero-order chi connectivity index (χ0) is 18.0. The Morgan fingerprint density at radius 2 is 1.72 bits per heavy atom. The molecule has 6 nitrogen and oxygen atoms in total. The lowest BCUT2D eigenvalue weighted by Crippen LogP contribution is -2.52. The number of carbonyl (C=O) groups is 1. The van der Waals surface area contributed by atoms with Crippen LogP contribution in [0.1, 0.15) is 42.5 Å². The van der Waals surface area contributed by atoms with E-state index in [0.717, 1.165) is 31.0 Å². The van der Waals surface area contributed by atoms with Crippen LogP contribution in [0.3, 0.4) is 0 Å². The van der Waals surface area contributed by atoms with Crippen LogP contribution in [0.4, 0.5) is 4.39 Å². The summed E-state index contributed by atoms with van der Waals surface area (Å²) in [6.07, 6.45) is 6.01. The quantitative estimate of drug-likeness (QED) is 0.879. The molecule has 2 aliphatic rings. The Bertz CT molecular complexity index is 739. The summed E-state index contributed by atoms with van der Waals surface area (Å²) in [6, 6.07) is 3.39. The lowest BCUT2D eigenvalue weighted by atomic mass is 9.94. The van der Waals surface area contributed by atoms with Crippen LogP contribution in [0, 0.1) is 5.82 Å². The van der Waals surface area contributed by atoms with Gasteiger partial charge in [0.1, 0.15) is 10.7 Å². The summed E-state index contributed by atoms with van der Waals surface area (Å²) in [4.78, 5) is 12.8. The van der Waals surface area contributed by atoms with Gasteiger partial charge in [0.05, 0.1) is 5.56 Å². The van der Waals surface area contributed by atoms with Gasteiger partial charge in [-0.25, -0.2) is 17.6 Å². The van der Waals surface area contributed by atoms with Crippen molar-refractivity contribution >= 4 is 16.0 Å². The zero-order valence-corrected chi connectivity index (χ0v) is 14.8. The minimum absolute atomic E-state index is 0.235. The molecule has 1 aliphatic heterocycles. The van der Waals surface area contributed by atoms with E-state index in [4.69, 9.17) is 5.11 Å². The number of piperazine rings is 1. The van der Waals surface area contributed by atoms with Gasteiger partial charge in [-0.2, -0.15) is 4.31 Å². The Kier molecular flexibility index (Phi) is 5.41. The van der Waals surface area contributed by atoms with E-state index in [1.54, 1.807) is 0 Å². The molecule has 1 aromatic rings. The minimum atomic E-state index is -4.03. The number of aromatic carboxylic acids is 1. The molecule has 1 N–H and O–H groups in total. The minimum Gasteiger partial charge on any atom is -0.478 e. The zero-order valence-electron chi connectivity index (χ0n) is 14.0. The monoisotopic (exact) mass is 370 g/mol. The van der Waals surface area contributed by atoms with Crippen LogP contribution in [0.2, 0.25) is 0 Å². The predicted octanol–water partition coefficient (Wildman–Crippen LogP) is 2.16. The highest BCUT2D eigenvalue weighted by molar-refractivity contribution is 7.89. The molecule has 1 aromatic carbocycles. The average molecular weight is 370 g/mol. The molecule has 1 saturated carbocycles. The van der Waals surface area contributed by atoms with E-state index in [2.05, 4.69) is 4.90 Å². The Balaban J connectivity index is 1.73. The second-order valence-electron chi connectivity index (χ2n) is 6.68. The van der Waals surface area contributed by atoms with E-state index in [-0.39, 0.29) is 5.56 Å². The number of benzene rings is 1. The fourth-order valence-corrected chi connectivity index (χ4v) is 5.24. The maximum atomic E-state index is 14.0. The molecule has 1 heterocycles. The van der Waals surface area contributed by atoms with E-state index >= 15 is 0 Å². The Labute approximate surface area is 147 Å². The summed E-state index contributed by atoms with van der Waals surface area (Å²) in [7, 11) is -4.03. The second kappa shape index (κ2) is 7.39. The van der Waals surface area contributed by atoms with Crippen LogP contribution in [-0.2, 0) is 10.0 Å². The molecular formula is C17H23FN2O4S. The molecule has 1 saturated heterocycles. The van der Waals surface area contributed by atoms with E-state index in [1.165, 1.54) is 23.6 Å². The fourth-order valence-electron chi connectivity index (χ4n) is 3.73. The number of rotatable bonds is 4. The molecule has 1 aliphatic carbocycles. The third-order valence-electron chi connectivity index (χ3n) is 5.16. The van der Waals surface area contributed by atoms with Crippen molar-refractivity contribution in [1.82, 2.24) is 9.21 Å². The maximum Gasteiger partial charge on any atom is 0.335 e. The Morgan fingerprint density at radius 3 is 2.32 bits per heavy atom. The smallest absolute Gasteiger partial charge is 0.335 e. The van der Waals surface area contributed by atoms with Crippen LogP contribution < -0.4 is 0 Å². The lowest BCUT2D eigenvalue weighted by molar-refractivity contribution is 0.0696. The van der Waals surface area contributed by atoms with Gasteiger partial charge in [0, 0.05) is 32.2 Å². The van der Waals surface area contributed by atoms with E-state index in [1.807, 2.05) is 0 Å². The molecule has 3 rings (SSSR count). The summed E-state index contributed by atoms with van der Waals surface area (Å²) in [5, 5.41) is 9.02. The first-order chi connectivity index (χ1) is 11.9. The standard InChI is InChI=1S/C17H23FN2O4S/c18-15-7-6-13(17(21)22)12-16(15)25(23,24)20-10-8-19(9-11-20)14-4-2-1-3-5-14/h6-7,12,14H,1-5,8-11H2,(H,21,22). The SMILES string of the molecule is O=C(O)c1ccc(F)c(S(=O)(=O)N2CCN(C3CCCCC3)CC2)c1. The second-order valence-corrected chi connectivity index (χ2v) is 8.59. The van der Waals surface area contributed by atoms with Gasteiger partial charge in [0.25, 0.3) is 0 Å². The predicted molar refractivity (Wildman–Crippen MR) is 90.6 cm³/mol. The van der Waals surface area contributed by atoms with Crippen molar-refractivity contribution in [2.45, 2.75) is 43.0 Å². The number of sulfonamides is 1. The van der Waals surface area contributed by atoms with Crippen molar-refractivity contribution in [2.24, 2.45) is 0 Å². The summed E-state index contributed by atoms with van der Waals surface area (Å²) < 4.78 is 40.8. The first-order valence-corrected chi connectivity index (χ1v) is 10.1. The molecule has 25 heavy (non-hydrogen) atoms. The van der Waals surface area contributed by atoms with Crippen molar-refractivity contribution in [3.8, 4) is 0 Å². The molecule has 138 valence electrons. The largest absolute Gasteiger partial charge is 0.478 e. The molecule has 0 spiro atoms. The van der Waals surface area contributed by atoms with Crippen molar-refractivity contribution in [3.05, 3.63) is 29.6 Å². The normalized spacial score (nSPS) is 21.3. The molecule has 0 atom stereocenters. The summed E-state index contributed by atoms with van der Waals surface area (Å²) in [5.74, 6) is -2.20. The molecule has 0 amide bonds. The molecular weight excluding hydrogens is 347 g/mol. The molecule has 0 bridgehead atoms. The lowest BCUT2D eigenvalue weighted by Gasteiger charge is -2.40. The topological polar surface area (TPSA) is 77.9 Å². The molecule has 2 fully saturated rings. The van der Waals surface area contributed by atoms with E-state index < -0.39 is 26.7 Å². The van der Waals surface area contributed by atoms with Gasteiger partial charge in [-0.15, -0.1) is 0 Å². The van der Waals surface area contributed by atoms with Crippen LogP contribution in [0.5, 0.6) is 0 Å². The van der Waals surface area contributed by atoms with Crippen LogP contribution in [0.15, 0.2) is 23.1 Å². The van der Waals surface area contributed by atoms with Gasteiger partial charge in [-0.1, -0.05) is 19.3 Å². The van der Waals surface area contributed by atoms with Crippen LogP contribution in [0.25, 0.3) is 0 Å². The van der Waals surface area contributed by atoms with Gasteiger partial charge in [0.2, 0.25) is 10.0 Å². The Hall–Kier alpha value is -1.51. The summed E-state index contributed by atoms with van der Waals surface area (Å²) in [5.41, 5.74) is -0.235. The third kappa shape index (κ3) is 3.86. The Morgan fingerprint density at radius 1 is 1.08 bits per heavy atom. The van der Waals surface area contributed by atoms with Gasteiger partial charge >= 0.3 is 5.97 Å². The van der Waals surface area contributed by atoms with Crippen molar-refractivity contribution in [2.75, 3.05) is 26.2 Å². The third-order valence-corrected chi connectivity index (χ3v) is 7.07. The molecule has 8 heteroatoms. The molecule has 0 aromatic heterocycles. The van der Waals surface area contributed by atoms with Crippen molar-refractivity contribution in [3.63, 3.8) is 0 Å². The fraction of sp³-hybridized carbons (Fsp3) is 0.588. The highest BCUT2D eigenvalue weighted by atomic mass is 32.2. The number of nitrogens with zero attached hydrogens (tertiary/aromatic N) is 2. The first kappa shape index (κ1) is 18.3. The highest BCUT2D eigenvalue weighted by Gasteiger charge is 2.33. The van der Waals surface area contributed by atoms with Crippen molar-refractivity contribution in [1.29, 1.82) is 0 Å². The summed E-state index contributed by atoms with van der Waals surface area (Å²) >= 11 is 0. The van der Waals surface area contributed by atoms with Gasteiger partial charge in [0.15, 0.2) is 0 Å². The number of carboxylic acids is 1. The van der Waals surface area contributed by atoms with Gasteiger partial charge in [-0.05, 0) is 31.0 Å². The molecule has 0 radical (unpaired) electrons. The van der Waals surface area contributed by atoms with Gasteiger partial charge < -0.3 is 5.11 Å². The average Bonchev–Trinajstić information content (AvgIpc) is 2.62.